The van der Waals surface area contributed by atoms with Gasteiger partial charge in [-0.05, 0) is 24.6 Å². The zero-order valence-corrected chi connectivity index (χ0v) is 13.9. The number of aromatic nitrogens is 2. The molecule has 2 N–H and O–H groups in total. The summed E-state index contributed by atoms with van der Waals surface area (Å²) in [7, 11) is 0. The van der Waals surface area contributed by atoms with Gasteiger partial charge in [0.15, 0.2) is 5.82 Å². The van der Waals surface area contributed by atoms with Gasteiger partial charge < -0.3 is 19.7 Å². The summed E-state index contributed by atoms with van der Waals surface area (Å²) in [6.45, 7) is 1.22. The van der Waals surface area contributed by atoms with E-state index in [0.717, 1.165) is 6.07 Å². The largest absolute Gasteiger partial charge is 0.481 e. The Hall–Kier alpha value is -2.52. The summed E-state index contributed by atoms with van der Waals surface area (Å²) < 4.78 is 23.5. The number of benzene rings is 1. The molecule has 0 aliphatic carbocycles. The van der Waals surface area contributed by atoms with E-state index in [4.69, 9.17) is 26.0 Å². The maximum absolute atomic E-state index is 13.6. The van der Waals surface area contributed by atoms with Gasteiger partial charge in [-0.1, -0.05) is 22.8 Å². The molecular formula is C15H15ClFN3O5. The SMILES string of the molecule is Cc1noc(COCC(=O)NC(CC(=O)O)c2ccc(Cl)c(F)c2)n1. The number of ether oxygens (including phenoxy) is 1. The van der Waals surface area contributed by atoms with Crippen LogP contribution in [0, 0.1) is 12.7 Å². The van der Waals surface area contributed by atoms with Gasteiger partial charge in [-0.2, -0.15) is 4.98 Å². The molecule has 1 aromatic carbocycles. The Labute approximate surface area is 146 Å². The molecule has 0 spiro atoms. The van der Waals surface area contributed by atoms with Crippen molar-refractivity contribution in [2.75, 3.05) is 6.61 Å². The second kappa shape index (κ2) is 8.54. The molecule has 1 amide bonds. The van der Waals surface area contributed by atoms with Crippen LogP contribution in [0.25, 0.3) is 0 Å². The lowest BCUT2D eigenvalue weighted by atomic mass is 10.0. The number of carbonyl (C=O) groups excluding carboxylic acids is 1. The van der Waals surface area contributed by atoms with Crippen molar-refractivity contribution in [1.29, 1.82) is 0 Å². The first-order chi connectivity index (χ1) is 11.8. The Kier molecular flexibility index (Phi) is 6.43. The van der Waals surface area contributed by atoms with Gasteiger partial charge in [-0.25, -0.2) is 4.39 Å². The van der Waals surface area contributed by atoms with Gasteiger partial charge in [0.25, 0.3) is 5.89 Å². The maximum atomic E-state index is 13.6. The summed E-state index contributed by atoms with van der Waals surface area (Å²) in [5, 5.41) is 14.9. The van der Waals surface area contributed by atoms with E-state index in [9.17, 15) is 14.0 Å². The number of hydrogen-bond acceptors (Lipinski definition) is 6. The third kappa shape index (κ3) is 5.80. The molecule has 2 aromatic rings. The number of aryl methyl sites for hydroxylation is 1. The molecule has 10 heteroatoms. The Morgan fingerprint density at radius 2 is 2.24 bits per heavy atom. The molecule has 0 bridgehead atoms. The van der Waals surface area contributed by atoms with Crippen LogP contribution in [0.2, 0.25) is 5.02 Å². The summed E-state index contributed by atoms with van der Waals surface area (Å²) in [4.78, 5) is 26.8. The lowest BCUT2D eigenvalue weighted by Gasteiger charge is -2.17. The van der Waals surface area contributed by atoms with E-state index >= 15 is 0 Å². The minimum Gasteiger partial charge on any atom is -0.481 e. The summed E-state index contributed by atoms with van der Waals surface area (Å²) in [5.74, 6) is -1.77. The molecular weight excluding hydrogens is 357 g/mol. The first-order valence-corrected chi connectivity index (χ1v) is 7.56. The van der Waals surface area contributed by atoms with Crippen LogP contribution >= 0.6 is 11.6 Å². The number of amides is 1. The molecule has 0 saturated heterocycles. The van der Waals surface area contributed by atoms with Crippen LogP contribution in [0.1, 0.15) is 29.7 Å². The summed E-state index contributed by atoms with van der Waals surface area (Å²) in [5.41, 5.74) is 0.283. The van der Waals surface area contributed by atoms with E-state index in [2.05, 4.69) is 15.5 Å². The number of carbonyl (C=O) groups is 2. The Morgan fingerprint density at radius 3 is 2.84 bits per heavy atom. The maximum Gasteiger partial charge on any atom is 0.305 e. The fraction of sp³-hybridized carbons (Fsp3) is 0.333. The van der Waals surface area contributed by atoms with Crippen molar-refractivity contribution in [3.8, 4) is 0 Å². The molecule has 0 radical (unpaired) electrons. The molecule has 1 unspecified atom stereocenters. The van der Waals surface area contributed by atoms with Gasteiger partial charge in [-0.3, -0.25) is 9.59 Å². The predicted octanol–water partition coefficient (Wildman–Crippen LogP) is 2.02. The Bertz CT molecular complexity index is 767. The van der Waals surface area contributed by atoms with Crippen molar-refractivity contribution in [2.24, 2.45) is 0 Å². The molecule has 0 fully saturated rings. The first kappa shape index (κ1) is 18.8. The third-order valence-electron chi connectivity index (χ3n) is 3.09. The van der Waals surface area contributed by atoms with Gasteiger partial charge >= 0.3 is 5.97 Å². The minimum atomic E-state index is -1.15. The molecule has 0 saturated carbocycles. The standard InChI is InChI=1S/C15H15ClFN3O5/c1-8-18-14(25-20-8)7-24-6-13(21)19-12(5-15(22)23)9-2-3-10(16)11(17)4-9/h2-4,12H,5-7H2,1H3,(H,19,21)(H,22,23). The molecule has 25 heavy (non-hydrogen) atoms. The van der Waals surface area contributed by atoms with Crippen LogP contribution in [0.4, 0.5) is 4.39 Å². The van der Waals surface area contributed by atoms with Crippen LogP contribution in [0.15, 0.2) is 22.7 Å². The van der Waals surface area contributed by atoms with Gasteiger partial charge in [0, 0.05) is 0 Å². The fourth-order valence-corrected chi connectivity index (χ4v) is 2.14. The topological polar surface area (TPSA) is 115 Å². The molecule has 1 atom stereocenters. The highest BCUT2D eigenvalue weighted by Gasteiger charge is 2.19. The minimum absolute atomic E-state index is 0.0621. The number of carboxylic acids is 1. The third-order valence-corrected chi connectivity index (χ3v) is 3.39. The molecule has 134 valence electrons. The zero-order valence-electron chi connectivity index (χ0n) is 13.2. The van der Waals surface area contributed by atoms with Crippen molar-refractivity contribution in [2.45, 2.75) is 26.0 Å². The summed E-state index contributed by atoms with van der Waals surface area (Å²) in [6.07, 6.45) is -0.421. The van der Waals surface area contributed by atoms with E-state index in [0.29, 0.717) is 5.82 Å². The van der Waals surface area contributed by atoms with Crippen molar-refractivity contribution in [1.82, 2.24) is 15.5 Å². The van der Waals surface area contributed by atoms with Crippen LogP contribution in [-0.2, 0) is 20.9 Å². The smallest absolute Gasteiger partial charge is 0.305 e. The van der Waals surface area contributed by atoms with E-state index < -0.39 is 30.2 Å². The second-order valence-electron chi connectivity index (χ2n) is 5.12. The number of aliphatic carboxylic acids is 1. The molecule has 1 heterocycles. The zero-order chi connectivity index (χ0) is 18.4. The molecule has 2 rings (SSSR count). The first-order valence-electron chi connectivity index (χ1n) is 7.18. The monoisotopic (exact) mass is 371 g/mol. The lowest BCUT2D eigenvalue weighted by Crippen LogP contribution is -2.33. The fourth-order valence-electron chi connectivity index (χ4n) is 2.02. The van der Waals surface area contributed by atoms with Crippen molar-refractivity contribution >= 4 is 23.5 Å². The van der Waals surface area contributed by atoms with Gasteiger partial charge in [-0.15, -0.1) is 0 Å². The second-order valence-corrected chi connectivity index (χ2v) is 5.53. The van der Waals surface area contributed by atoms with Crippen LogP contribution < -0.4 is 5.32 Å². The summed E-state index contributed by atoms with van der Waals surface area (Å²) >= 11 is 5.61. The van der Waals surface area contributed by atoms with Crippen molar-refractivity contribution in [3.63, 3.8) is 0 Å². The molecule has 0 aliphatic heterocycles. The average molecular weight is 372 g/mol. The van der Waals surface area contributed by atoms with Gasteiger partial charge in [0.1, 0.15) is 19.0 Å². The summed E-state index contributed by atoms with van der Waals surface area (Å²) in [6, 6.07) is 2.90. The number of nitrogens with one attached hydrogen (secondary N) is 1. The van der Waals surface area contributed by atoms with Crippen molar-refractivity contribution in [3.05, 3.63) is 46.3 Å². The van der Waals surface area contributed by atoms with Gasteiger partial charge in [0.2, 0.25) is 5.91 Å². The number of hydrogen-bond donors (Lipinski definition) is 2. The Balaban J connectivity index is 1.94. The number of rotatable bonds is 8. The molecule has 0 aliphatic rings. The molecule has 8 nitrogen and oxygen atoms in total. The van der Waals surface area contributed by atoms with Crippen LogP contribution in [0.3, 0.4) is 0 Å². The van der Waals surface area contributed by atoms with Crippen LogP contribution in [-0.4, -0.2) is 33.7 Å². The highest BCUT2D eigenvalue weighted by atomic mass is 35.5. The quantitative estimate of drug-likeness (QED) is 0.729. The lowest BCUT2D eigenvalue weighted by molar-refractivity contribution is -0.138. The van der Waals surface area contributed by atoms with E-state index in [1.807, 2.05) is 0 Å². The Morgan fingerprint density at radius 1 is 1.48 bits per heavy atom. The molecule has 1 aromatic heterocycles. The van der Waals surface area contributed by atoms with Crippen LogP contribution in [0.5, 0.6) is 0 Å². The number of nitrogens with zero attached hydrogens (tertiary/aromatic N) is 2. The number of carboxylic acid groups (broad SMARTS) is 1. The number of halogens is 2. The predicted molar refractivity (Wildman–Crippen MR) is 83.2 cm³/mol. The van der Waals surface area contributed by atoms with E-state index in [1.165, 1.54) is 12.1 Å². The van der Waals surface area contributed by atoms with E-state index in [1.54, 1.807) is 6.92 Å². The average Bonchev–Trinajstić information content (AvgIpc) is 2.94. The normalized spacial score (nSPS) is 12.0. The highest BCUT2D eigenvalue weighted by Crippen LogP contribution is 2.22. The van der Waals surface area contributed by atoms with Crippen molar-refractivity contribution < 1.29 is 28.3 Å². The van der Waals surface area contributed by atoms with E-state index in [-0.39, 0.29) is 29.7 Å². The van der Waals surface area contributed by atoms with Gasteiger partial charge in [0.05, 0.1) is 17.5 Å². The highest BCUT2D eigenvalue weighted by molar-refractivity contribution is 6.30.